The Bertz CT molecular complexity index is 1280. The molecule has 1 aliphatic rings. The highest BCUT2D eigenvalue weighted by atomic mass is 19.4. The van der Waals surface area contributed by atoms with E-state index in [-0.39, 0.29) is 46.3 Å². The molecule has 11 nitrogen and oxygen atoms in total. The molecule has 1 unspecified atom stereocenters. The minimum Gasteiger partial charge on any atom is -0.400 e. The minimum atomic E-state index is -5.73. The van der Waals surface area contributed by atoms with E-state index in [1.165, 1.54) is 24.5 Å². The van der Waals surface area contributed by atoms with Crippen molar-refractivity contribution in [3.8, 4) is 11.5 Å². The third-order valence-electron chi connectivity index (χ3n) is 6.14. The number of aromatic nitrogens is 4. The lowest BCUT2D eigenvalue weighted by molar-refractivity contribution is -0.284. The number of carbonyl (C=O) groups excluding carboxylic acids is 1. The Morgan fingerprint density at radius 2 is 1.92 bits per heavy atom. The number of hydrazine groups is 1. The average Bonchev–Trinajstić information content (AvgIpc) is 3.11. The number of fused-ring (bicyclic) bond motifs is 1. The van der Waals surface area contributed by atoms with Gasteiger partial charge in [-0.05, 0) is 20.8 Å². The zero-order valence-electron chi connectivity index (χ0n) is 20.9. The number of rotatable bonds is 9. The van der Waals surface area contributed by atoms with Crippen LogP contribution in [0.4, 0.5) is 33.6 Å². The van der Waals surface area contributed by atoms with Crippen LogP contribution in [0.1, 0.15) is 44.1 Å². The minimum absolute atomic E-state index is 0.00259. The van der Waals surface area contributed by atoms with E-state index in [4.69, 9.17) is 17.0 Å². The summed E-state index contributed by atoms with van der Waals surface area (Å²) in [6, 6.07) is -0.108. The molecule has 2 aromatic rings. The fourth-order valence-corrected chi connectivity index (χ4v) is 3.57. The number of nitrogens with two attached hydrogens (primary N) is 2. The van der Waals surface area contributed by atoms with Crippen LogP contribution in [0.15, 0.2) is 18.1 Å². The topological polar surface area (TPSA) is 172 Å². The first-order valence-electron chi connectivity index (χ1n) is 11.3. The molecule has 7 N–H and O–H groups in total. The Morgan fingerprint density at radius 1 is 1.26 bits per heavy atom. The monoisotopic (exact) mass is 542 g/mol. The first-order chi connectivity index (χ1) is 17.6. The maximum Gasteiger partial charge on any atom is 0.453 e. The van der Waals surface area contributed by atoms with Gasteiger partial charge in [-0.3, -0.25) is 4.79 Å². The Labute approximate surface area is 214 Å². The van der Waals surface area contributed by atoms with E-state index in [1.807, 2.05) is 13.8 Å². The SMILES string of the molecule is CNc1nc(CCC(F)(F)C(F)(F)F)nc(-c2ncc3c(n2)NC(=O)C3(C)/C(N)=C/N(N)C(C)C)c1C=N. The van der Waals surface area contributed by atoms with E-state index in [9.17, 15) is 26.7 Å². The summed E-state index contributed by atoms with van der Waals surface area (Å²) < 4.78 is 64.9. The van der Waals surface area contributed by atoms with Crippen LogP contribution < -0.4 is 22.2 Å². The molecule has 38 heavy (non-hydrogen) atoms. The van der Waals surface area contributed by atoms with Gasteiger partial charge in [0.1, 0.15) is 28.6 Å². The van der Waals surface area contributed by atoms with Gasteiger partial charge in [-0.15, -0.1) is 0 Å². The number of aryl methyl sites for hydroxylation is 1. The van der Waals surface area contributed by atoms with Gasteiger partial charge in [0.05, 0.1) is 5.56 Å². The smallest absolute Gasteiger partial charge is 0.400 e. The van der Waals surface area contributed by atoms with Crippen LogP contribution in [0.3, 0.4) is 0 Å². The van der Waals surface area contributed by atoms with Crippen molar-refractivity contribution in [2.24, 2.45) is 11.6 Å². The largest absolute Gasteiger partial charge is 0.453 e. The number of carbonyl (C=O) groups is 1. The molecule has 1 amide bonds. The second kappa shape index (κ2) is 10.1. The number of amides is 1. The van der Waals surface area contributed by atoms with Gasteiger partial charge in [0.25, 0.3) is 0 Å². The summed E-state index contributed by atoms with van der Waals surface area (Å²) in [5, 5.41) is 14.4. The van der Waals surface area contributed by atoms with Gasteiger partial charge >= 0.3 is 12.1 Å². The van der Waals surface area contributed by atoms with E-state index in [0.717, 1.165) is 6.21 Å². The number of nitrogens with zero attached hydrogens (tertiary/aromatic N) is 5. The number of alkyl halides is 5. The summed E-state index contributed by atoms with van der Waals surface area (Å²) >= 11 is 0. The van der Waals surface area contributed by atoms with Crippen molar-refractivity contribution in [3.05, 3.63) is 35.0 Å². The lowest BCUT2D eigenvalue weighted by atomic mass is 9.82. The van der Waals surface area contributed by atoms with Gasteiger partial charge < -0.3 is 26.8 Å². The number of hydrogen-bond donors (Lipinski definition) is 5. The molecular weight excluding hydrogens is 515 g/mol. The van der Waals surface area contributed by atoms with E-state index >= 15 is 0 Å². The predicted octanol–water partition coefficient (Wildman–Crippen LogP) is 2.70. The van der Waals surface area contributed by atoms with Crippen molar-refractivity contribution >= 4 is 23.8 Å². The molecule has 0 radical (unpaired) electrons. The first-order valence-corrected chi connectivity index (χ1v) is 11.3. The number of halogens is 5. The van der Waals surface area contributed by atoms with Crippen LogP contribution in [-0.4, -0.2) is 62.3 Å². The summed E-state index contributed by atoms with van der Waals surface area (Å²) in [5.41, 5.74) is 5.25. The highest BCUT2D eigenvalue weighted by molar-refractivity contribution is 6.07. The summed E-state index contributed by atoms with van der Waals surface area (Å²) in [4.78, 5) is 29.5. The maximum absolute atomic E-state index is 13.5. The van der Waals surface area contributed by atoms with Gasteiger partial charge in [-0.1, -0.05) is 0 Å². The first kappa shape index (κ1) is 28.6. The highest BCUT2D eigenvalue weighted by Crippen LogP contribution is 2.41. The van der Waals surface area contributed by atoms with E-state index in [1.54, 1.807) is 6.92 Å². The quantitative estimate of drug-likeness (QED) is 0.138. The van der Waals surface area contributed by atoms with Crippen molar-refractivity contribution in [1.82, 2.24) is 24.9 Å². The van der Waals surface area contributed by atoms with Gasteiger partial charge in [-0.25, -0.2) is 25.8 Å². The molecule has 2 aromatic heterocycles. The van der Waals surface area contributed by atoms with Crippen LogP contribution in [-0.2, 0) is 16.6 Å². The molecule has 0 bridgehead atoms. The van der Waals surface area contributed by atoms with E-state index < -0.39 is 36.3 Å². The molecule has 3 heterocycles. The van der Waals surface area contributed by atoms with Crippen molar-refractivity contribution in [2.45, 2.75) is 57.2 Å². The molecule has 1 aliphatic heterocycles. The fourth-order valence-electron chi connectivity index (χ4n) is 3.57. The molecule has 1 atom stereocenters. The molecule has 0 fully saturated rings. The zero-order valence-corrected chi connectivity index (χ0v) is 20.9. The number of hydrogen-bond acceptors (Lipinski definition) is 10. The van der Waals surface area contributed by atoms with Crippen molar-refractivity contribution in [1.29, 1.82) is 5.41 Å². The molecule has 0 aliphatic carbocycles. The Morgan fingerprint density at radius 3 is 2.47 bits per heavy atom. The molecular formula is C22H27F5N10O. The second-order valence-corrected chi connectivity index (χ2v) is 9.01. The van der Waals surface area contributed by atoms with Gasteiger partial charge in [0.15, 0.2) is 5.82 Å². The van der Waals surface area contributed by atoms with Gasteiger partial charge in [-0.2, -0.15) is 22.0 Å². The molecule has 16 heteroatoms. The standard InChI is InChI=1S/C22H27F5N10O/c1-10(2)37(30)9-13(29)20(3)12-8-32-18(35-17(12)36-19(20)38)15-11(7-28)16(31-4)34-14(33-15)5-6-21(23,24)22(25,26)27/h7-10,28H,5-6,29-30H2,1-4H3,(H,31,33,34)(H,32,35,36,38)/b13-9-,28-7?. The number of nitrogens with one attached hydrogen (secondary N) is 3. The van der Waals surface area contributed by atoms with Crippen molar-refractivity contribution in [2.75, 3.05) is 17.7 Å². The normalized spacial score (nSPS) is 17.9. The zero-order chi connectivity index (χ0) is 28.6. The van der Waals surface area contributed by atoms with Crippen molar-refractivity contribution in [3.63, 3.8) is 0 Å². The van der Waals surface area contributed by atoms with E-state index in [2.05, 4.69) is 30.6 Å². The highest BCUT2D eigenvalue weighted by Gasteiger charge is 2.56. The van der Waals surface area contributed by atoms with Crippen molar-refractivity contribution < 1.29 is 26.7 Å². The van der Waals surface area contributed by atoms with Gasteiger partial charge in [0, 0.05) is 55.8 Å². The maximum atomic E-state index is 13.5. The molecule has 206 valence electrons. The molecule has 0 saturated carbocycles. The summed E-state index contributed by atoms with van der Waals surface area (Å²) in [5.74, 6) is 0.0728. The molecule has 0 aromatic carbocycles. The lowest BCUT2D eigenvalue weighted by Gasteiger charge is -2.26. The van der Waals surface area contributed by atoms with Crippen LogP contribution in [0.25, 0.3) is 11.5 Å². The van der Waals surface area contributed by atoms with Crippen LogP contribution >= 0.6 is 0 Å². The lowest BCUT2D eigenvalue weighted by Crippen LogP contribution is -2.40. The Kier molecular flexibility index (Phi) is 7.59. The molecule has 0 spiro atoms. The summed E-state index contributed by atoms with van der Waals surface area (Å²) in [6.45, 7) is 5.21. The molecule has 0 saturated heterocycles. The molecule has 3 rings (SSSR count). The van der Waals surface area contributed by atoms with Crippen LogP contribution in [0.5, 0.6) is 0 Å². The van der Waals surface area contributed by atoms with E-state index in [0.29, 0.717) is 5.56 Å². The third kappa shape index (κ3) is 5.07. The van der Waals surface area contributed by atoms with Gasteiger partial charge in [0.2, 0.25) is 5.91 Å². The average molecular weight is 543 g/mol. The summed E-state index contributed by atoms with van der Waals surface area (Å²) in [6.07, 6.45) is -4.53. The Balaban J connectivity index is 2.07. The number of anilines is 2. The van der Waals surface area contributed by atoms with Crippen LogP contribution in [0, 0.1) is 5.41 Å². The fraction of sp³-hybridized carbons (Fsp3) is 0.455. The predicted molar refractivity (Wildman–Crippen MR) is 129 cm³/mol. The van der Waals surface area contributed by atoms with Crippen LogP contribution in [0.2, 0.25) is 0 Å². The second-order valence-electron chi connectivity index (χ2n) is 9.01. The Hall–Kier alpha value is -3.95. The third-order valence-corrected chi connectivity index (χ3v) is 6.14. The summed E-state index contributed by atoms with van der Waals surface area (Å²) in [7, 11) is 1.43.